The highest BCUT2D eigenvalue weighted by molar-refractivity contribution is 6.30. The molecule has 5 heteroatoms. The number of nitrogens with zero attached hydrogens (tertiary/aromatic N) is 1. The highest BCUT2D eigenvalue weighted by Gasteiger charge is 2.05. The lowest BCUT2D eigenvalue weighted by Crippen LogP contribution is -2.15. The molecule has 0 radical (unpaired) electrons. The number of rotatable bonds is 5. The second kappa shape index (κ2) is 6.91. The summed E-state index contributed by atoms with van der Waals surface area (Å²) >= 11 is 5.83. The molecule has 0 aliphatic heterocycles. The monoisotopic (exact) mass is 290 g/mol. The third kappa shape index (κ3) is 4.24. The van der Waals surface area contributed by atoms with Crippen molar-refractivity contribution in [3.63, 3.8) is 0 Å². The number of aromatic nitrogens is 1. The highest BCUT2D eigenvalue weighted by atomic mass is 35.5. The van der Waals surface area contributed by atoms with Crippen molar-refractivity contribution >= 4 is 23.3 Å². The number of hydrogen-bond donors (Lipinski definition) is 1. The third-order valence-corrected chi connectivity index (χ3v) is 2.82. The molecule has 4 nitrogen and oxygen atoms in total. The Morgan fingerprint density at radius 1 is 1.30 bits per heavy atom. The van der Waals surface area contributed by atoms with Crippen molar-refractivity contribution in [1.82, 2.24) is 4.98 Å². The predicted octanol–water partition coefficient (Wildman–Crippen LogP) is 3.31. The largest absolute Gasteiger partial charge is 0.494 e. The predicted molar refractivity (Wildman–Crippen MR) is 79.2 cm³/mol. The quantitative estimate of drug-likeness (QED) is 0.919. The standard InChI is InChI=1S/C15H15ClN2O2/c1-2-20-13-5-3-11(4-6-13)9-15(19)18-14-10-12(16)7-8-17-14/h3-8,10H,2,9H2,1H3,(H,17,18,19). The minimum absolute atomic E-state index is 0.135. The van der Waals surface area contributed by atoms with Crippen LogP contribution in [0, 0.1) is 0 Å². The summed E-state index contributed by atoms with van der Waals surface area (Å²) in [5.41, 5.74) is 0.910. The zero-order valence-electron chi connectivity index (χ0n) is 11.1. The van der Waals surface area contributed by atoms with E-state index in [-0.39, 0.29) is 12.3 Å². The third-order valence-electron chi connectivity index (χ3n) is 2.59. The van der Waals surface area contributed by atoms with Crippen LogP contribution in [0.25, 0.3) is 0 Å². The summed E-state index contributed by atoms with van der Waals surface area (Å²) in [7, 11) is 0. The molecule has 20 heavy (non-hydrogen) atoms. The molecule has 1 amide bonds. The molecule has 0 saturated carbocycles. The van der Waals surface area contributed by atoms with Gasteiger partial charge in [-0.2, -0.15) is 0 Å². The van der Waals surface area contributed by atoms with E-state index >= 15 is 0 Å². The number of hydrogen-bond acceptors (Lipinski definition) is 3. The van der Waals surface area contributed by atoms with Crippen LogP contribution < -0.4 is 10.1 Å². The molecule has 0 aliphatic carbocycles. The van der Waals surface area contributed by atoms with E-state index in [1.54, 1.807) is 18.3 Å². The fourth-order valence-corrected chi connectivity index (χ4v) is 1.88. The lowest BCUT2D eigenvalue weighted by atomic mass is 10.1. The van der Waals surface area contributed by atoms with Gasteiger partial charge in [-0.25, -0.2) is 4.98 Å². The number of nitrogens with one attached hydrogen (secondary N) is 1. The van der Waals surface area contributed by atoms with E-state index in [1.165, 1.54) is 0 Å². The molecule has 0 spiro atoms. The van der Waals surface area contributed by atoms with Gasteiger partial charge in [0.1, 0.15) is 11.6 Å². The van der Waals surface area contributed by atoms with Crippen LogP contribution in [0.5, 0.6) is 5.75 Å². The first-order chi connectivity index (χ1) is 9.67. The average Bonchev–Trinajstić information content (AvgIpc) is 2.41. The maximum atomic E-state index is 11.9. The fraction of sp³-hybridized carbons (Fsp3) is 0.200. The van der Waals surface area contributed by atoms with E-state index in [0.717, 1.165) is 11.3 Å². The second-order valence-corrected chi connectivity index (χ2v) is 4.60. The zero-order chi connectivity index (χ0) is 14.4. The van der Waals surface area contributed by atoms with Gasteiger partial charge >= 0.3 is 0 Å². The van der Waals surface area contributed by atoms with E-state index in [4.69, 9.17) is 16.3 Å². The Morgan fingerprint density at radius 3 is 2.70 bits per heavy atom. The first-order valence-electron chi connectivity index (χ1n) is 6.30. The van der Waals surface area contributed by atoms with Crippen molar-refractivity contribution in [2.45, 2.75) is 13.3 Å². The van der Waals surface area contributed by atoms with E-state index in [1.807, 2.05) is 31.2 Å². The van der Waals surface area contributed by atoms with Crippen molar-refractivity contribution in [2.75, 3.05) is 11.9 Å². The molecule has 104 valence electrons. The normalized spacial score (nSPS) is 10.1. The summed E-state index contributed by atoms with van der Waals surface area (Å²) in [6.45, 7) is 2.56. The average molecular weight is 291 g/mol. The Morgan fingerprint density at radius 2 is 2.05 bits per heavy atom. The Kier molecular flexibility index (Phi) is 4.96. The van der Waals surface area contributed by atoms with Crippen LogP contribution in [0.3, 0.4) is 0 Å². The molecule has 0 bridgehead atoms. The van der Waals surface area contributed by atoms with Gasteiger partial charge in [0, 0.05) is 11.2 Å². The van der Waals surface area contributed by atoms with Gasteiger partial charge in [-0.3, -0.25) is 4.79 Å². The lowest BCUT2D eigenvalue weighted by molar-refractivity contribution is -0.115. The molecule has 2 aromatic rings. The maximum absolute atomic E-state index is 11.9. The van der Waals surface area contributed by atoms with Gasteiger partial charge < -0.3 is 10.1 Å². The van der Waals surface area contributed by atoms with Crippen LogP contribution in [0.4, 0.5) is 5.82 Å². The fourth-order valence-electron chi connectivity index (χ4n) is 1.72. The Hall–Kier alpha value is -2.07. The van der Waals surface area contributed by atoms with Gasteiger partial charge in [0.05, 0.1) is 13.0 Å². The Labute approximate surface area is 122 Å². The SMILES string of the molecule is CCOc1ccc(CC(=O)Nc2cc(Cl)ccn2)cc1. The zero-order valence-corrected chi connectivity index (χ0v) is 11.9. The van der Waals surface area contributed by atoms with Gasteiger partial charge in [-0.15, -0.1) is 0 Å². The lowest BCUT2D eigenvalue weighted by Gasteiger charge is -2.06. The Bertz CT molecular complexity index is 585. The van der Waals surface area contributed by atoms with Crippen molar-refractivity contribution in [2.24, 2.45) is 0 Å². The van der Waals surface area contributed by atoms with Crippen LogP contribution >= 0.6 is 11.6 Å². The summed E-state index contributed by atoms with van der Waals surface area (Å²) in [6, 6.07) is 10.7. The molecule has 0 saturated heterocycles. The van der Waals surface area contributed by atoms with Crippen LogP contribution in [0.2, 0.25) is 5.02 Å². The smallest absolute Gasteiger partial charge is 0.229 e. The molecular formula is C15H15ClN2O2. The minimum atomic E-state index is -0.135. The number of carbonyl (C=O) groups excluding carboxylic acids is 1. The molecule has 0 atom stereocenters. The number of carbonyl (C=O) groups is 1. The van der Waals surface area contributed by atoms with Gasteiger partial charge in [0.15, 0.2) is 0 Å². The first kappa shape index (κ1) is 14.3. The number of amides is 1. The van der Waals surface area contributed by atoms with Crippen LogP contribution in [-0.2, 0) is 11.2 Å². The summed E-state index contributed by atoms with van der Waals surface area (Å²) in [5, 5.41) is 3.24. The van der Waals surface area contributed by atoms with Crippen molar-refractivity contribution in [1.29, 1.82) is 0 Å². The molecular weight excluding hydrogens is 276 g/mol. The Balaban J connectivity index is 1.94. The molecule has 1 aromatic carbocycles. The summed E-state index contributed by atoms with van der Waals surface area (Å²) < 4.78 is 5.35. The van der Waals surface area contributed by atoms with Gasteiger partial charge in [-0.05, 0) is 36.8 Å². The van der Waals surface area contributed by atoms with E-state index in [0.29, 0.717) is 17.4 Å². The van der Waals surface area contributed by atoms with Gasteiger partial charge in [-0.1, -0.05) is 23.7 Å². The van der Waals surface area contributed by atoms with Crippen molar-refractivity contribution < 1.29 is 9.53 Å². The number of anilines is 1. The van der Waals surface area contributed by atoms with E-state index in [9.17, 15) is 4.79 Å². The molecule has 2 rings (SSSR count). The molecule has 0 unspecified atom stereocenters. The number of ether oxygens (including phenoxy) is 1. The van der Waals surface area contributed by atoms with E-state index < -0.39 is 0 Å². The minimum Gasteiger partial charge on any atom is -0.494 e. The summed E-state index contributed by atoms with van der Waals surface area (Å²) in [4.78, 5) is 15.9. The van der Waals surface area contributed by atoms with E-state index in [2.05, 4.69) is 10.3 Å². The van der Waals surface area contributed by atoms with Crippen molar-refractivity contribution in [3.05, 3.63) is 53.2 Å². The molecule has 1 heterocycles. The summed E-state index contributed by atoms with van der Waals surface area (Å²) in [6.07, 6.45) is 1.83. The number of halogens is 1. The molecule has 1 aromatic heterocycles. The summed E-state index contributed by atoms with van der Waals surface area (Å²) in [5.74, 6) is 1.12. The van der Waals surface area contributed by atoms with Crippen LogP contribution in [0.15, 0.2) is 42.6 Å². The topological polar surface area (TPSA) is 51.2 Å². The molecule has 0 aliphatic rings. The van der Waals surface area contributed by atoms with Crippen LogP contribution in [0.1, 0.15) is 12.5 Å². The molecule has 0 fully saturated rings. The second-order valence-electron chi connectivity index (χ2n) is 4.16. The maximum Gasteiger partial charge on any atom is 0.229 e. The van der Waals surface area contributed by atoms with Gasteiger partial charge in [0.2, 0.25) is 5.91 Å². The van der Waals surface area contributed by atoms with Crippen molar-refractivity contribution in [3.8, 4) is 5.75 Å². The number of pyridine rings is 1. The highest BCUT2D eigenvalue weighted by Crippen LogP contribution is 2.14. The van der Waals surface area contributed by atoms with Gasteiger partial charge in [0.25, 0.3) is 0 Å². The van der Waals surface area contributed by atoms with Crippen LogP contribution in [-0.4, -0.2) is 17.5 Å². The first-order valence-corrected chi connectivity index (χ1v) is 6.68. The number of benzene rings is 1. The molecule has 1 N–H and O–H groups in total.